The number of amidine groups is 1. The van der Waals surface area contributed by atoms with Crippen LogP contribution in [0.15, 0.2) is 71.9 Å². The van der Waals surface area contributed by atoms with Crippen LogP contribution in [0.3, 0.4) is 0 Å². The molecule has 3 rings (SSSR count). The number of rotatable bonds is 9. The quantitative estimate of drug-likeness (QED) is 0.195. The molecular weight excluding hydrogens is 490 g/mol. The fourth-order valence-electron chi connectivity index (χ4n) is 3.27. The number of hydrogen-bond acceptors (Lipinski definition) is 6. The number of benzene rings is 2. The number of nitrogens with one attached hydrogen (secondary N) is 3. The smallest absolute Gasteiger partial charge is 0.233 e. The molecular formula is C24H24ClN5O4S. The monoisotopic (exact) mass is 513 g/mol. The molecule has 11 heteroatoms. The summed E-state index contributed by atoms with van der Waals surface area (Å²) in [6, 6.07) is 13.5. The van der Waals surface area contributed by atoms with Crippen molar-refractivity contribution in [2.24, 2.45) is 5.73 Å². The predicted molar refractivity (Wildman–Crippen MR) is 134 cm³/mol. The molecule has 182 valence electrons. The Morgan fingerprint density at radius 1 is 1.06 bits per heavy atom. The lowest BCUT2D eigenvalue weighted by Crippen LogP contribution is -2.30. The molecule has 0 fully saturated rings. The van der Waals surface area contributed by atoms with E-state index in [1.807, 2.05) is 0 Å². The number of carbonyl (C=O) groups is 2. The van der Waals surface area contributed by atoms with Crippen molar-refractivity contribution in [3.63, 3.8) is 0 Å². The Hall–Kier alpha value is -3.76. The highest BCUT2D eigenvalue weighted by molar-refractivity contribution is 7.90. The minimum Gasteiger partial charge on any atom is -0.384 e. The van der Waals surface area contributed by atoms with Gasteiger partial charge >= 0.3 is 0 Å². The highest BCUT2D eigenvalue weighted by Gasteiger charge is 2.21. The second-order valence-electron chi connectivity index (χ2n) is 7.81. The number of amides is 2. The van der Waals surface area contributed by atoms with Gasteiger partial charge in [0.05, 0.1) is 21.7 Å². The first-order chi connectivity index (χ1) is 16.5. The first kappa shape index (κ1) is 25.9. The molecule has 35 heavy (non-hydrogen) atoms. The van der Waals surface area contributed by atoms with Crippen molar-refractivity contribution < 1.29 is 18.0 Å². The van der Waals surface area contributed by atoms with Crippen molar-refractivity contribution in [3.8, 4) is 0 Å². The molecule has 5 N–H and O–H groups in total. The van der Waals surface area contributed by atoms with Crippen LogP contribution >= 0.6 is 11.6 Å². The number of anilines is 1. The number of hydrogen-bond donors (Lipinski definition) is 4. The van der Waals surface area contributed by atoms with Crippen LogP contribution in [0.1, 0.15) is 36.1 Å². The van der Waals surface area contributed by atoms with Crippen LogP contribution in [-0.4, -0.2) is 31.1 Å². The Labute approximate surface area is 208 Å². The van der Waals surface area contributed by atoms with Crippen molar-refractivity contribution in [2.75, 3.05) is 5.32 Å². The molecule has 0 aliphatic rings. The second kappa shape index (κ2) is 11.1. The summed E-state index contributed by atoms with van der Waals surface area (Å²) >= 11 is 6.28. The Kier molecular flexibility index (Phi) is 8.21. The molecule has 0 radical (unpaired) electrons. The van der Waals surface area contributed by atoms with Gasteiger partial charge in [-0.1, -0.05) is 17.7 Å². The van der Waals surface area contributed by atoms with Gasteiger partial charge in [-0.15, -0.1) is 0 Å². The van der Waals surface area contributed by atoms with Gasteiger partial charge in [-0.2, -0.15) is 0 Å². The average Bonchev–Trinajstić information content (AvgIpc) is 2.79. The molecule has 1 heterocycles. The van der Waals surface area contributed by atoms with Gasteiger partial charge in [0.15, 0.2) is 9.84 Å². The SMILES string of the molecule is CC(NC(=O)CC(=O)Nc1ccc(C(=N)N)cc1)c1ccc(S(=O)(=O)Cc2ccncc2)c(Cl)c1. The molecule has 0 bridgehead atoms. The fourth-order valence-corrected chi connectivity index (χ4v) is 5.23. The summed E-state index contributed by atoms with van der Waals surface area (Å²) < 4.78 is 25.5. The van der Waals surface area contributed by atoms with E-state index in [-0.39, 0.29) is 21.5 Å². The molecule has 2 amide bonds. The molecule has 9 nitrogen and oxygen atoms in total. The second-order valence-corrected chi connectivity index (χ2v) is 10.2. The van der Waals surface area contributed by atoms with Crippen molar-refractivity contribution in [2.45, 2.75) is 30.0 Å². The molecule has 0 saturated heterocycles. The first-order valence-electron chi connectivity index (χ1n) is 10.5. The average molecular weight is 514 g/mol. The minimum absolute atomic E-state index is 0.00609. The normalized spacial score (nSPS) is 11.9. The van der Waals surface area contributed by atoms with E-state index in [1.54, 1.807) is 49.4 Å². The van der Waals surface area contributed by atoms with E-state index in [0.717, 1.165) is 0 Å². The molecule has 0 aliphatic carbocycles. The van der Waals surface area contributed by atoms with Gasteiger partial charge in [0, 0.05) is 23.6 Å². The van der Waals surface area contributed by atoms with Gasteiger partial charge in [0.25, 0.3) is 0 Å². The zero-order valence-corrected chi connectivity index (χ0v) is 20.4. The number of halogens is 1. The number of nitrogens with two attached hydrogens (primary N) is 1. The van der Waals surface area contributed by atoms with Gasteiger partial charge in [0.2, 0.25) is 11.8 Å². The zero-order chi connectivity index (χ0) is 25.6. The topological polar surface area (TPSA) is 155 Å². The van der Waals surface area contributed by atoms with E-state index in [1.165, 1.54) is 24.5 Å². The third kappa shape index (κ3) is 7.11. The highest BCUT2D eigenvalue weighted by atomic mass is 35.5. The summed E-state index contributed by atoms with van der Waals surface area (Å²) in [6.07, 6.45) is 2.62. The lowest BCUT2D eigenvalue weighted by Gasteiger charge is -2.16. The third-order valence-electron chi connectivity index (χ3n) is 5.08. The molecule has 1 aromatic heterocycles. The Morgan fingerprint density at radius 3 is 2.31 bits per heavy atom. The molecule has 1 unspecified atom stereocenters. The van der Waals surface area contributed by atoms with E-state index < -0.39 is 34.1 Å². The largest absolute Gasteiger partial charge is 0.384 e. The summed E-state index contributed by atoms with van der Waals surface area (Å²) in [5.74, 6) is -1.33. The van der Waals surface area contributed by atoms with E-state index in [0.29, 0.717) is 22.4 Å². The number of pyridine rings is 1. The van der Waals surface area contributed by atoms with Crippen LogP contribution < -0.4 is 16.4 Å². The van der Waals surface area contributed by atoms with E-state index in [4.69, 9.17) is 22.7 Å². The summed E-state index contributed by atoms with van der Waals surface area (Å²) in [5, 5.41) is 12.7. The Bertz CT molecular complexity index is 1350. The molecule has 3 aromatic rings. The first-order valence-corrected chi connectivity index (χ1v) is 12.5. The fraction of sp³-hybridized carbons (Fsp3) is 0.167. The Balaban J connectivity index is 1.59. The van der Waals surface area contributed by atoms with Crippen molar-refractivity contribution >= 4 is 44.8 Å². The zero-order valence-electron chi connectivity index (χ0n) is 18.8. The van der Waals surface area contributed by atoms with E-state index in [9.17, 15) is 18.0 Å². The summed E-state index contributed by atoms with van der Waals surface area (Å²) in [6.45, 7) is 1.70. The van der Waals surface area contributed by atoms with Crippen LogP contribution in [0, 0.1) is 5.41 Å². The van der Waals surface area contributed by atoms with Gasteiger partial charge in [-0.3, -0.25) is 20.0 Å². The number of nitrogens with zero attached hydrogens (tertiary/aromatic N) is 1. The number of carbonyl (C=O) groups excluding carboxylic acids is 2. The standard InChI is InChI=1S/C24H24ClN5O4S/c1-15(29-22(31)13-23(32)30-19-5-2-17(3-6-19)24(26)27)18-4-7-21(20(25)12-18)35(33,34)14-16-8-10-28-11-9-16/h2-12,15H,13-14H2,1H3,(H3,26,27)(H,29,31)(H,30,32). The van der Waals surface area contributed by atoms with Gasteiger partial charge in [-0.25, -0.2) is 8.42 Å². The van der Waals surface area contributed by atoms with Crippen molar-refractivity contribution in [1.82, 2.24) is 10.3 Å². The third-order valence-corrected chi connectivity index (χ3v) is 7.24. The van der Waals surface area contributed by atoms with Gasteiger partial charge in [0.1, 0.15) is 12.3 Å². The summed E-state index contributed by atoms with van der Waals surface area (Å²) in [5.41, 5.74) is 7.57. The maximum atomic E-state index is 12.8. The minimum atomic E-state index is -3.68. The van der Waals surface area contributed by atoms with Crippen LogP contribution in [0.25, 0.3) is 0 Å². The summed E-state index contributed by atoms with van der Waals surface area (Å²) in [4.78, 5) is 28.4. The number of aromatic nitrogens is 1. The van der Waals surface area contributed by atoms with Crippen LogP contribution in [0.2, 0.25) is 5.02 Å². The van der Waals surface area contributed by atoms with Gasteiger partial charge in [-0.05, 0) is 66.6 Å². The highest BCUT2D eigenvalue weighted by Crippen LogP contribution is 2.28. The molecule has 0 aliphatic heterocycles. The molecule has 0 saturated carbocycles. The van der Waals surface area contributed by atoms with Crippen LogP contribution in [0.4, 0.5) is 5.69 Å². The van der Waals surface area contributed by atoms with E-state index in [2.05, 4.69) is 15.6 Å². The Morgan fingerprint density at radius 2 is 1.71 bits per heavy atom. The van der Waals surface area contributed by atoms with E-state index >= 15 is 0 Å². The number of sulfone groups is 1. The molecule has 0 spiro atoms. The molecule has 2 aromatic carbocycles. The number of nitrogen functional groups attached to an aromatic ring is 1. The lowest BCUT2D eigenvalue weighted by molar-refractivity contribution is -0.127. The maximum Gasteiger partial charge on any atom is 0.233 e. The summed E-state index contributed by atoms with van der Waals surface area (Å²) in [7, 11) is -3.68. The van der Waals surface area contributed by atoms with Crippen molar-refractivity contribution in [1.29, 1.82) is 5.41 Å². The van der Waals surface area contributed by atoms with Crippen LogP contribution in [0.5, 0.6) is 0 Å². The van der Waals surface area contributed by atoms with Gasteiger partial charge < -0.3 is 16.4 Å². The van der Waals surface area contributed by atoms with Crippen LogP contribution in [-0.2, 0) is 25.2 Å². The lowest BCUT2D eigenvalue weighted by atomic mass is 10.1. The van der Waals surface area contributed by atoms with Crippen molar-refractivity contribution in [3.05, 3.63) is 88.7 Å². The molecule has 1 atom stereocenters. The maximum absolute atomic E-state index is 12.8. The predicted octanol–water partition coefficient (Wildman–Crippen LogP) is 3.20.